The Morgan fingerprint density at radius 3 is 3.15 bits per heavy atom. The lowest BCUT2D eigenvalue weighted by Gasteiger charge is -2.28. The fraction of sp³-hybridized carbons (Fsp3) is 1.00. The van der Waals surface area contributed by atoms with Crippen molar-refractivity contribution in [2.75, 3.05) is 24.6 Å². The summed E-state index contributed by atoms with van der Waals surface area (Å²) in [5.41, 5.74) is 0. The molecule has 3 fully saturated rings. The molecule has 1 nitrogen and oxygen atoms in total. The second-order valence-corrected chi connectivity index (χ2v) is 6.08. The molecule has 0 radical (unpaired) electrons. The SMILES string of the molecule is C1C[C@@H]2C[C@@H]2N(CC2CCSC2)C1. The fourth-order valence-electron chi connectivity index (χ4n) is 3.00. The third-order valence-electron chi connectivity index (χ3n) is 3.89. The molecule has 1 saturated carbocycles. The number of likely N-dealkylation sites (tertiary alicyclic amines) is 1. The second kappa shape index (κ2) is 3.47. The second-order valence-electron chi connectivity index (χ2n) is 4.93. The Labute approximate surface area is 85.3 Å². The molecular weight excluding hydrogens is 178 g/mol. The summed E-state index contributed by atoms with van der Waals surface area (Å²) in [6.45, 7) is 2.83. The van der Waals surface area contributed by atoms with E-state index in [1.165, 1.54) is 50.3 Å². The van der Waals surface area contributed by atoms with Crippen molar-refractivity contribution >= 4 is 11.8 Å². The molecule has 1 aliphatic carbocycles. The quantitative estimate of drug-likeness (QED) is 0.668. The average molecular weight is 197 g/mol. The molecule has 0 amide bonds. The molecule has 0 aromatic heterocycles. The highest BCUT2D eigenvalue weighted by molar-refractivity contribution is 7.99. The summed E-state index contributed by atoms with van der Waals surface area (Å²) in [5, 5.41) is 0. The molecular formula is C11H19NS. The summed E-state index contributed by atoms with van der Waals surface area (Å²) in [6, 6.07) is 1.03. The Kier molecular flexibility index (Phi) is 2.30. The lowest BCUT2D eigenvalue weighted by molar-refractivity contribution is 0.190. The third-order valence-corrected chi connectivity index (χ3v) is 5.12. The van der Waals surface area contributed by atoms with Crippen LogP contribution in [-0.2, 0) is 0 Å². The van der Waals surface area contributed by atoms with E-state index >= 15 is 0 Å². The van der Waals surface area contributed by atoms with Crippen LogP contribution in [-0.4, -0.2) is 35.5 Å². The van der Waals surface area contributed by atoms with Crippen LogP contribution in [0.25, 0.3) is 0 Å². The minimum atomic E-state index is 1.03. The fourth-order valence-corrected chi connectivity index (χ4v) is 4.27. The lowest BCUT2D eigenvalue weighted by atomic mass is 10.1. The van der Waals surface area contributed by atoms with E-state index < -0.39 is 0 Å². The maximum absolute atomic E-state index is 2.80. The van der Waals surface area contributed by atoms with E-state index in [9.17, 15) is 0 Å². The van der Waals surface area contributed by atoms with E-state index in [4.69, 9.17) is 0 Å². The van der Waals surface area contributed by atoms with Crippen molar-refractivity contribution in [1.82, 2.24) is 4.90 Å². The molecule has 3 atom stereocenters. The first-order valence-electron chi connectivity index (χ1n) is 5.75. The molecule has 0 N–H and O–H groups in total. The summed E-state index contributed by atoms with van der Waals surface area (Å²) >= 11 is 2.16. The van der Waals surface area contributed by atoms with Crippen LogP contribution in [0.5, 0.6) is 0 Å². The van der Waals surface area contributed by atoms with Gasteiger partial charge in [0.15, 0.2) is 0 Å². The molecule has 2 heteroatoms. The van der Waals surface area contributed by atoms with E-state index in [1.54, 1.807) is 0 Å². The van der Waals surface area contributed by atoms with Crippen LogP contribution in [0.15, 0.2) is 0 Å². The number of rotatable bonds is 2. The van der Waals surface area contributed by atoms with Crippen LogP contribution < -0.4 is 0 Å². The van der Waals surface area contributed by atoms with E-state index in [2.05, 4.69) is 16.7 Å². The molecule has 2 heterocycles. The number of hydrogen-bond acceptors (Lipinski definition) is 2. The van der Waals surface area contributed by atoms with Crippen LogP contribution >= 0.6 is 11.8 Å². The zero-order valence-electron chi connectivity index (χ0n) is 8.24. The Morgan fingerprint density at radius 2 is 2.31 bits per heavy atom. The molecule has 13 heavy (non-hydrogen) atoms. The molecule has 2 aliphatic heterocycles. The van der Waals surface area contributed by atoms with E-state index in [0.29, 0.717) is 0 Å². The van der Waals surface area contributed by atoms with E-state index in [0.717, 1.165) is 17.9 Å². The topological polar surface area (TPSA) is 3.24 Å². The molecule has 2 saturated heterocycles. The van der Waals surface area contributed by atoms with Gasteiger partial charge in [-0.15, -0.1) is 0 Å². The van der Waals surface area contributed by atoms with Gasteiger partial charge in [-0.1, -0.05) is 0 Å². The van der Waals surface area contributed by atoms with Crippen molar-refractivity contribution in [3.05, 3.63) is 0 Å². The van der Waals surface area contributed by atoms with Crippen molar-refractivity contribution in [2.45, 2.75) is 31.7 Å². The smallest absolute Gasteiger partial charge is 0.0127 e. The van der Waals surface area contributed by atoms with Crippen LogP contribution in [0.3, 0.4) is 0 Å². The van der Waals surface area contributed by atoms with Crippen molar-refractivity contribution < 1.29 is 0 Å². The molecule has 3 rings (SSSR count). The summed E-state index contributed by atoms with van der Waals surface area (Å²) in [4.78, 5) is 2.80. The number of nitrogens with zero attached hydrogens (tertiary/aromatic N) is 1. The normalized spacial score (nSPS) is 44.8. The van der Waals surface area contributed by atoms with Gasteiger partial charge in [0.05, 0.1) is 0 Å². The maximum Gasteiger partial charge on any atom is 0.0127 e. The first-order valence-corrected chi connectivity index (χ1v) is 6.91. The molecule has 0 spiro atoms. The summed E-state index contributed by atoms with van der Waals surface area (Å²) < 4.78 is 0. The van der Waals surface area contributed by atoms with E-state index in [1.807, 2.05) is 0 Å². The van der Waals surface area contributed by atoms with Crippen molar-refractivity contribution in [2.24, 2.45) is 11.8 Å². The predicted octanol–water partition coefficient (Wildman–Crippen LogP) is 2.22. The molecule has 1 unspecified atom stereocenters. The van der Waals surface area contributed by atoms with Crippen LogP contribution in [0.4, 0.5) is 0 Å². The highest BCUT2D eigenvalue weighted by Gasteiger charge is 2.44. The number of thioether (sulfide) groups is 1. The minimum absolute atomic E-state index is 1.03. The van der Waals surface area contributed by atoms with E-state index in [-0.39, 0.29) is 0 Å². The lowest BCUT2D eigenvalue weighted by Crippen LogP contribution is -2.35. The van der Waals surface area contributed by atoms with Crippen molar-refractivity contribution in [3.63, 3.8) is 0 Å². The first-order chi connectivity index (χ1) is 6.43. The van der Waals surface area contributed by atoms with Gasteiger partial charge in [-0.05, 0) is 55.6 Å². The Balaban J connectivity index is 1.53. The maximum atomic E-state index is 2.80. The van der Waals surface area contributed by atoms with Gasteiger partial charge < -0.3 is 0 Å². The molecule has 74 valence electrons. The van der Waals surface area contributed by atoms with Gasteiger partial charge in [-0.25, -0.2) is 0 Å². The highest BCUT2D eigenvalue weighted by Crippen LogP contribution is 2.43. The molecule has 3 aliphatic rings. The predicted molar refractivity (Wildman–Crippen MR) is 58.1 cm³/mol. The standard InChI is InChI=1S/C11H19NS/c1-2-10-6-11(10)12(4-1)7-9-3-5-13-8-9/h9-11H,1-8H2/t9?,10-,11+/m1/s1. The highest BCUT2D eigenvalue weighted by atomic mass is 32.2. The Morgan fingerprint density at radius 1 is 1.31 bits per heavy atom. The number of fused-ring (bicyclic) bond motifs is 1. The van der Waals surface area contributed by atoms with Crippen LogP contribution in [0.2, 0.25) is 0 Å². The number of hydrogen-bond donors (Lipinski definition) is 0. The molecule has 0 bridgehead atoms. The largest absolute Gasteiger partial charge is 0.300 e. The van der Waals surface area contributed by atoms with Crippen LogP contribution in [0, 0.1) is 11.8 Å². The van der Waals surface area contributed by atoms with Gasteiger partial charge in [0.25, 0.3) is 0 Å². The molecule has 0 aromatic rings. The van der Waals surface area contributed by atoms with Gasteiger partial charge in [0.1, 0.15) is 0 Å². The summed E-state index contributed by atoms with van der Waals surface area (Å²) in [6.07, 6.45) is 6.01. The number of piperidine rings is 1. The van der Waals surface area contributed by atoms with Crippen molar-refractivity contribution in [3.8, 4) is 0 Å². The molecule has 0 aromatic carbocycles. The van der Waals surface area contributed by atoms with Gasteiger partial charge in [-0.2, -0.15) is 11.8 Å². The average Bonchev–Trinajstić information content (AvgIpc) is 2.77. The van der Waals surface area contributed by atoms with Crippen molar-refractivity contribution in [1.29, 1.82) is 0 Å². The zero-order valence-corrected chi connectivity index (χ0v) is 9.06. The first kappa shape index (κ1) is 8.60. The Hall–Kier alpha value is 0.310. The van der Waals surface area contributed by atoms with Gasteiger partial charge >= 0.3 is 0 Å². The minimum Gasteiger partial charge on any atom is -0.300 e. The monoisotopic (exact) mass is 197 g/mol. The third kappa shape index (κ3) is 1.75. The Bertz CT molecular complexity index is 189. The van der Waals surface area contributed by atoms with Gasteiger partial charge in [0.2, 0.25) is 0 Å². The van der Waals surface area contributed by atoms with Gasteiger partial charge in [-0.3, -0.25) is 4.90 Å². The summed E-state index contributed by atoms with van der Waals surface area (Å²) in [7, 11) is 0. The van der Waals surface area contributed by atoms with Gasteiger partial charge in [0, 0.05) is 12.6 Å². The zero-order chi connectivity index (χ0) is 8.67. The van der Waals surface area contributed by atoms with Crippen LogP contribution in [0.1, 0.15) is 25.7 Å². The summed E-state index contributed by atoms with van der Waals surface area (Å²) in [5.74, 6) is 5.01.